The van der Waals surface area contributed by atoms with Gasteiger partial charge in [0.05, 0.1) is 18.6 Å². The monoisotopic (exact) mass is 272 g/mol. The van der Waals surface area contributed by atoms with Gasteiger partial charge in [0, 0.05) is 26.2 Å². The molecule has 0 saturated carbocycles. The Balaban J connectivity index is 2.05. The Kier molecular flexibility index (Phi) is 3.64. The van der Waals surface area contributed by atoms with Crippen molar-refractivity contribution in [3.63, 3.8) is 0 Å². The molecule has 1 fully saturated rings. The van der Waals surface area contributed by atoms with E-state index in [1.807, 2.05) is 4.90 Å². The highest BCUT2D eigenvalue weighted by Gasteiger charge is 2.24. The lowest BCUT2D eigenvalue weighted by molar-refractivity contribution is 0.387. The maximum absolute atomic E-state index is 11.4. The third-order valence-corrected chi connectivity index (χ3v) is 4.10. The van der Waals surface area contributed by atoms with Gasteiger partial charge in [-0.15, -0.1) is 0 Å². The number of nitrogens with two attached hydrogens (primary N) is 1. The van der Waals surface area contributed by atoms with E-state index in [0.717, 1.165) is 0 Å². The van der Waals surface area contributed by atoms with Gasteiger partial charge in [0.25, 0.3) is 0 Å². The predicted octanol–water partition coefficient (Wildman–Crippen LogP) is -1.16. The molecule has 0 bridgehead atoms. The van der Waals surface area contributed by atoms with Crippen molar-refractivity contribution in [2.24, 2.45) is 5.84 Å². The number of aromatic nitrogens is 2. The quantitative estimate of drug-likeness (QED) is 0.528. The number of hydrogen-bond acceptors (Lipinski definition) is 7. The van der Waals surface area contributed by atoms with E-state index in [1.165, 1.54) is 16.8 Å². The van der Waals surface area contributed by atoms with Gasteiger partial charge >= 0.3 is 0 Å². The summed E-state index contributed by atoms with van der Waals surface area (Å²) in [4.78, 5) is 10.3. The summed E-state index contributed by atoms with van der Waals surface area (Å²) in [6.45, 7) is 2.10. The average molecular weight is 272 g/mol. The zero-order valence-electron chi connectivity index (χ0n) is 10.1. The summed E-state index contributed by atoms with van der Waals surface area (Å²) in [6, 6.07) is 0. The fourth-order valence-corrected chi connectivity index (χ4v) is 2.65. The first-order valence-corrected chi connectivity index (χ1v) is 7.34. The number of sulfonamides is 1. The molecule has 100 valence electrons. The fraction of sp³-hybridized carbons (Fsp3) is 0.556. The van der Waals surface area contributed by atoms with E-state index >= 15 is 0 Å². The third kappa shape index (κ3) is 2.86. The molecule has 1 aliphatic rings. The number of piperazine rings is 1. The maximum Gasteiger partial charge on any atom is 0.211 e. The molecule has 1 aromatic heterocycles. The number of hydrogen-bond donors (Lipinski definition) is 2. The molecule has 0 atom stereocenters. The number of hydrazine groups is 1. The van der Waals surface area contributed by atoms with Crippen molar-refractivity contribution in [3.05, 3.63) is 12.4 Å². The summed E-state index contributed by atoms with van der Waals surface area (Å²) in [5, 5.41) is 0. The van der Waals surface area contributed by atoms with Gasteiger partial charge in [-0.25, -0.2) is 19.2 Å². The van der Waals surface area contributed by atoms with Gasteiger partial charge in [0.2, 0.25) is 10.0 Å². The van der Waals surface area contributed by atoms with Crippen molar-refractivity contribution >= 4 is 21.7 Å². The first-order chi connectivity index (χ1) is 8.50. The van der Waals surface area contributed by atoms with Gasteiger partial charge in [0.15, 0.2) is 5.82 Å². The molecule has 0 amide bonds. The summed E-state index contributed by atoms with van der Waals surface area (Å²) in [5.74, 6) is 6.45. The van der Waals surface area contributed by atoms with Gasteiger partial charge in [-0.1, -0.05) is 0 Å². The van der Waals surface area contributed by atoms with Crippen LogP contribution in [0.4, 0.5) is 11.6 Å². The highest BCUT2D eigenvalue weighted by Crippen LogP contribution is 2.15. The van der Waals surface area contributed by atoms with Crippen LogP contribution in [0.25, 0.3) is 0 Å². The molecule has 1 aliphatic heterocycles. The van der Waals surface area contributed by atoms with E-state index in [1.54, 1.807) is 6.20 Å². The van der Waals surface area contributed by atoms with Crippen LogP contribution >= 0.6 is 0 Å². The maximum atomic E-state index is 11.4. The summed E-state index contributed by atoms with van der Waals surface area (Å²) >= 11 is 0. The standard InChI is InChI=1S/C9H16N6O2S/c1-18(16,17)15-4-2-14(3-5-15)9-7-11-6-8(12-9)13-10/h6-7H,2-5,10H2,1H3,(H,12,13). The van der Waals surface area contributed by atoms with Crippen LogP contribution in [0, 0.1) is 0 Å². The van der Waals surface area contributed by atoms with Crippen molar-refractivity contribution in [1.29, 1.82) is 0 Å². The van der Waals surface area contributed by atoms with E-state index in [9.17, 15) is 8.42 Å². The molecule has 0 radical (unpaired) electrons. The summed E-state index contributed by atoms with van der Waals surface area (Å²) < 4.78 is 24.2. The van der Waals surface area contributed by atoms with E-state index in [0.29, 0.717) is 37.8 Å². The van der Waals surface area contributed by atoms with Crippen LogP contribution in [0.3, 0.4) is 0 Å². The molecule has 8 nitrogen and oxygen atoms in total. The number of anilines is 2. The minimum atomic E-state index is -3.11. The largest absolute Gasteiger partial charge is 0.353 e. The van der Waals surface area contributed by atoms with Crippen LogP contribution in [0.15, 0.2) is 12.4 Å². The Hall–Kier alpha value is -1.45. The summed E-state index contributed by atoms with van der Waals surface area (Å²) in [5.41, 5.74) is 2.43. The molecule has 2 heterocycles. The average Bonchev–Trinajstić information content (AvgIpc) is 2.38. The van der Waals surface area contributed by atoms with E-state index in [-0.39, 0.29) is 0 Å². The lowest BCUT2D eigenvalue weighted by Crippen LogP contribution is -2.48. The highest BCUT2D eigenvalue weighted by atomic mass is 32.2. The molecule has 18 heavy (non-hydrogen) atoms. The first-order valence-electron chi connectivity index (χ1n) is 5.49. The van der Waals surface area contributed by atoms with Crippen molar-refractivity contribution < 1.29 is 8.42 Å². The molecular weight excluding hydrogens is 256 g/mol. The Morgan fingerprint density at radius 1 is 1.28 bits per heavy atom. The fourth-order valence-electron chi connectivity index (χ4n) is 1.83. The second-order valence-corrected chi connectivity index (χ2v) is 6.04. The Morgan fingerprint density at radius 3 is 2.50 bits per heavy atom. The van der Waals surface area contributed by atoms with Crippen molar-refractivity contribution in [1.82, 2.24) is 14.3 Å². The SMILES string of the molecule is CS(=O)(=O)N1CCN(c2cncc(NN)n2)CC1. The Labute approximate surface area is 106 Å². The van der Waals surface area contributed by atoms with Crippen molar-refractivity contribution in [3.8, 4) is 0 Å². The summed E-state index contributed by atoms with van der Waals surface area (Å²) in [6.07, 6.45) is 4.38. The molecule has 9 heteroatoms. The van der Waals surface area contributed by atoms with Gasteiger partial charge in [-0.2, -0.15) is 4.31 Å². The zero-order chi connectivity index (χ0) is 13.2. The molecule has 0 aliphatic carbocycles. The normalized spacial score (nSPS) is 17.8. The first kappa shape index (κ1) is 13.0. The minimum absolute atomic E-state index is 0.459. The highest BCUT2D eigenvalue weighted by molar-refractivity contribution is 7.88. The third-order valence-electron chi connectivity index (χ3n) is 2.80. The van der Waals surface area contributed by atoms with Crippen LogP contribution in [-0.2, 0) is 10.0 Å². The molecule has 1 saturated heterocycles. The number of nitrogen functional groups attached to an aromatic ring is 1. The van der Waals surface area contributed by atoms with Crippen LogP contribution in [0.1, 0.15) is 0 Å². The van der Waals surface area contributed by atoms with Crippen molar-refractivity contribution in [2.45, 2.75) is 0 Å². The van der Waals surface area contributed by atoms with Gasteiger partial charge in [0.1, 0.15) is 5.82 Å². The molecule has 1 aromatic rings. The van der Waals surface area contributed by atoms with E-state index in [4.69, 9.17) is 5.84 Å². The van der Waals surface area contributed by atoms with Crippen LogP contribution in [-0.4, -0.2) is 55.1 Å². The molecule has 0 aromatic carbocycles. The number of nitrogens with zero attached hydrogens (tertiary/aromatic N) is 4. The molecule has 0 unspecified atom stereocenters. The van der Waals surface area contributed by atoms with Crippen LogP contribution < -0.4 is 16.2 Å². The molecule has 0 spiro atoms. The van der Waals surface area contributed by atoms with Crippen LogP contribution in [0.5, 0.6) is 0 Å². The Bertz CT molecular complexity index is 512. The summed E-state index contributed by atoms with van der Waals surface area (Å²) in [7, 11) is -3.11. The Morgan fingerprint density at radius 2 is 1.94 bits per heavy atom. The molecule has 2 rings (SSSR count). The number of nitrogens with one attached hydrogen (secondary N) is 1. The molecular formula is C9H16N6O2S. The molecule has 3 N–H and O–H groups in total. The zero-order valence-corrected chi connectivity index (χ0v) is 10.9. The van der Waals surface area contributed by atoms with Gasteiger partial charge < -0.3 is 10.3 Å². The second kappa shape index (κ2) is 5.04. The predicted molar refractivity (Wildman–Crippen MR) is 68.5 cm³/mol. The lowest BCUT2D eigenvalue weighted by Gasteiger charge is -2.33. The number of rotatable bonds is 3. The van der Waals surface area contributed by atoms with Gasteiger partial charge in [-0.3, -0.25) is 4.98 Å². The van der Waals surface area contributed by atoms with E-state index < -0.39 is 10.0 Å². The van der Waals surface area contributed by atoms with Crippen molar-refractivity contribution in [2.75, 3.05) is 42.8 Å². The topological polar surface area (TPSA) is 104 Å². The minimum Gasteiger partial charge on any atom is -0.353 e. The lowest BCUT2D eigenvalue weighted by atomic mass is 10.3. The van der Waals surface area contributed by atoms with E-state index in [2.05, 4.69) is 15.4 Å². The second-order valence-electron chi connectivity index (χ2n) is 4.06. The van der Waals surface area contributed by atoms with Gasteiger partial charge in [-0.05, 0) is 0 Å². The smallest absolute Gasteiger partial charge is 0.211 e. The van der Waals surface area contributed by atoms with Crippen LogP contribution in [0.2, 0.25) is 0 Å².